The van der Waals surface area contributed by atoms with Gasteiger partial charge < -0.3 is 11.1 Å². The number of anilines is 1. The number of nitrogens with two attached hydrogens (primary N) is 1. The van der Waals surface area contributed by atoms with Crippen LogP contribution in [0.3, 0.4) is 0 Å². The highest BCUT2D eigenvalue weighted by Crippen LogP contribution is 2.25. The standard InChI is InChI=1S/C15H14Cl2N2O/c16-13-6-5-12(9-14(13)17)19-15(20)11-3-1-10(2-4-11)7-8-18/h1-6,9H,7-8,18H2,(H,19,20). The maximum atomic E-state index is 12.1. The molecule has 5 heteroatoms. The fourth-order valence-electron chi connectivity index (χ4n) is 1.77. The third-order valence-electron chi connectivity index (χ3n) is 2.83. The Labute approximate surface area is 127 Å². The molecule has 0 heterocycles. The first-order valence-electron chi connectivity index (χ1n) is 6.15. The Morgan fingerprint density at radius 2 is 1.75 bits per heavy atom. The summed E-state index contributed by atoms with van der Waals surface area (Å²) in [5, 5.41) is 3.63. The maximum Gasteiger partial charge on any atom is 0.255 e. The molecule has 0 unspecified atom stereocenters. The number of nitrogens with one attached hydrogen (secondary N) is 1. The highest BCUT2D eigenvalue weighted by Gasteiger charge is 2.07. The van der Waals surface area contributed by atoms with Crippen LogP contribution in [0.15, 0.2) is 42.5 Å². The first-order valence-corrected chi connectivity index (χ1v) is 6.91. The van der Waals surface area contributed by atoms with Gasteiger partial charge in [-0.1, -0.05) is 35.3 Å². The van der Waals surface area contributed by atoms with Gasteiger partial charge in [-0.25, -0.2) is 0 Å². The van der Waals surface area contributed by atoms with E-state index >= 15 is 0 Å². The van der Waals surface area contributed by atoms with E-state index in [0.29, 0.717) is 27.8 Å². The molecule has 0 aliphatic rings. The van der Waals surface area contributed by atoms with Crippen LogP contribution in [0.2, 0.25) is 10.0 Å². The molecule has 0 aromatic heterocycles. The minimum atomic E-state index is -0.192. The van der Waals surface area contributed by atoms with Gasteiger partial charge in [0, 0.05) is 11.3 Å². The molecule has 2 rings (SSSR count). The Morgan fingerprint density at radius 3 is 2.35 bits per heavy atom. The first-order chi connectivity index (χ1) is 9.60. The minimum Gasteiger partial charge on any atom is -0.330 e. The van der Waals surface area contributed by atoms with Gasteiger partial charge in [-0.2, -0.15) is 0 Å². The molecule has 0 aliphatic carbocycles. The summed E-state index contributed by atoms with van der Waals surface area (Å²) in [7, 11) is 0. The quantitative estimate of drug-likeness (QED) is 0.904. The predicted octanol–water partition coefficient (Wildman–Crippen LogP) is 3.75. The van der Waals surface area contributed by atoms with Gasteiger partial charge in [0.15, 0.2) is 0 Å². The molecule has 0 radical (unpaired) electrons. The molecule has 0 bridgehead atoms. The summed E-state index contributed by atoms with van der Waals surface area (Å²) in [5.74, 6) is -0.192. The minimum absolute atomic E-state index is 0.192. The summed E-state index contributed by atoms with van der Waals surface area (Å²) in [4.78, 5) is 12.1. The van der Waals surface area contributed by atoms with Gasteiger partial charge in [-0.15, -0.1) is 0 Å². The molecule has 0 fully saturated rings. The van der Waals surface area contributed by atoms with Crippen LogP contribution in [0, 0.1) is 0 Å². The Hall–Kier alpha value is -1.55. The number of carbonyl (C=O) groups excluding carboxylic acids is 1. The molecular weight excluding hydrogens is 295 g/mol. The zero-order valence-corrected chi connectivity index (χ0v) is 12.2. The molecule has 0 aliphatic heterocycles. The van der Waals surface area contributed by atoms with Gasteiger partial charge in [0.2, 0.25) is 0 Å². The Morgan fingerprint density at radius 1 is 1.05 bits per heavy atom. The van der Waals surface area contributed by atoms with Gasteiger partial charge in [-0.3, -0.25) is 4.79 Å². The van der Waals surface area contributed by atoms with Gasteiger partial charge in [0.1, 0.15) is 0 Å². The van der Waals surface area contributed by atoms with Crippen molar-refractivity contribution < 1.29 is 4.79 Å². The second-order valence-corrected chi connectivity index (χ2v) is 5.13. The first kappa shape index (κ1) is 14.9. The SMILES string of the molecule is NCCc1ccc(C(=O)Nc2ccc(Cl)c(Cl)c2)cc1. The molecule has 1 amide bonds. The summed E-state index contributed by atoms with van der Waals surface area (Å²) in [6.45, 7) is 0.592. The average molecular weight is 309 g/mol. The van der Waals surface area contributed by atoms with Crippen molar-refractivity contribution in [2.75, 3.05) is 11.9 Å². The predicted molar refractivity (Wildman–Crippen MR) is 83.6 cm³/mol. The second kappa shape index (κ2) is 6.75. The van der Waals surface area contributed by atoms with Gasteiger partial charge in [0.25, 0.3) is 5.91 Å². The molecule has 2 aromatic carbocycles. The molecule has 0 saturated carbocycles. The zero-order valence-electron chi connectivity index (χ0n) is 10.7. The molecule has 2 aromatic rings. The topological polar surface area (TPSA) is 55.1 Å². The van der Waals surface area contributed by atoms with E-state index in [1.54, 1.807) is 30.3 Å². The van der Waals surface area contributed by atoms with E-state index in [2.05, 4.69) is 5.32 Å². The van der Waals surface area contributed by atoms with E-state index in [9.17, 15) is 4.79 Å². The van der Waals surface area contributed by atoms with Crippen molar-refractivity contribution in [3.8, 4) is 0 Å². The number of amides is 1. The molecule has 3 nitrogen and oxygen atoms in total. The molecule has 0 atom stereocenters. The lowest BCUT2D eigenvalue weighted by Crippen LogP contribution is -2.12. The molecule has 0 saturated heterocycles. The lowest BCUT2D eigenvalue weighted by Gasteiger charge is -2.07. The van der Waals surface area contributed by atoms with Crippen molar-refractivity contribution in [3.05, 3.63) is 63.6 Å². The van der Waals surface area contributed by atoms with Crippen LogP contribution in [0.1, 0.15) is 15.9 Å². The summed E-state index contributed by atoms with van der Waals surface area (Å²) >= 11 is 11.7. The van der Waals surface area contributed by atoms with Crippen molar-refractivity contribution in [2.45, 2.75) is 6.42 Å². The number of rotatable bonds is 4. The van der Waals surface area contributed by atoms with Crippen LogP contribution in [-0.2, 0) is 6.42 Å². The molecule has 3 N–H and O–H groups in total. The largest absolute Gasteiger partial charge is 0.330 e. The number of hydrogen-bond acceptors (Lipinski definition) is 2. The Balaban J connectivity index is 2.09. The number of hydrogen-bond donors (Lipinski definition) is 2. The number of carbonyl (C=O) groups is 1. The third kappa shape index (κ3) is 3.73. The average Bonchev–Trinajstić information content (AvgIpc) is 2.44. The Bertz CT molecular complexity index is 612. The van der Waals surface area contributed by atoms with Gasteiger partial charge >= 0.3 is 0 Å². The summed E-state index contributed by atoms with van der Waals surface area (Å²) in [6.07, 6.45) is 0.800. The Kier molecular flexibility index (Phi) is 5.01. The molecule has 0 spiro atoms. The van der Waals surface area contributed by atoms with Crippen molar-refractivity contribution in [2.24, 2.45) is 5.73 Å². The van der Waals surface area contributed by atoms with Crippen LogP contribution < -0.4 is 11.1 Å². The lowest BCUT2D eigenvalue weighted by molar-refractivity contribution is 0.102. The highest BCUT2D eigenvalue weighted by molar-refractivity contribution is 6.42. The fraction of sp³-hybridized carbons (Fsp3) is 0.133. The van der Waals surface area contributed by atoms with E-state index in [1.165, 1.54) is 0 Å². The second-order valence-electron chi connectivity index (χ2n) is 4.32. The summed E-state index contributed by atoms with van der Waals surface area (Å²) in [5.41, 5.74) is 7.78. The van der Waals surface area contributed by atoms with Crippen LogP contribution in [0.25, 0.3) is 0 Å². The van der Waals surface area contributed by atoms with Crippen LogP contribution in [-0.4, -0.2) is 12.5 Å². The molecular formula is C15H14Cl2N2O. The lowest BCUT2D eigenvalue weighted by atomic mass is 10.1. The normalized spacial score (nSPS) is 10.3. The monoisotopic (exact) mass is 308 g/mol. The van der Waals surface area contributed by atoms with Crippen molar-refractivity contribution >= 4 is 34.8 Å². The number of halogens is 2. The summed E-state index contributed by atoms with van der Waals surface area (Å²) < 4.78 is 0. The third-order valence-corrected chi connectivity index (χ3v) is 3.57. The maximum absolute atomic E-state index is 12.1. The van der Waals surface area contributed by atoms with Gasteiger partial charge in [0.05, 0.1) is 10.0 Å². The van der Waals surface area contributed by atoms with E-state index in [4.69, 9.17) is 28.9 Å². The van der Waals surface area contributed by atoms with E-state index < -0.39 is 0 Å². The van der Waals surface area contributed by atoms with Gasteiger partial charge in [-0.05, 0) is 48.9 Å². The van der Waals surface area contributed by atoms with Crippen LogP contribution >= 0.6 is 23.2 Å². The number of benzene rings is 2. The molecule has 20 heavy (non-hydrogen) atoms. The zero-order chi connectivity index (χ0) is 14.5. The van der Waals surface area contributed by atoms with E-state index in [-0.39, 0.29) is 5.91 Å². The molecule has 104 valence electrons. The van der Waals surface area contributed by atoms with Crippen LogP contribution in [0.5, 0.6) is 0 Å². The summed E-state index contributed by atoms with van der Waals surface area (Å²) in [6, 6.07) is 12.3. The smallest absolute Gasteiger partial charge is 0.255 e. The van der Waals surface area contributed by atoms with E-state index in [0.717, 1.165) is 12.0 Å². The van der Waals surface area contributed by atoms with Crippen molar-refractivity contribution in [3.63, 3.8) is 0 Å². The fourth-order valence-corrected chi connectivity index (χ4v) is 2.06. The van der Waals surface area contributed by atoms with Crippen LogP contribution in [0.4, 0.5) is 5.69 Å². The highest BCUT2D eigenvalue weighted by atomic mass is 35.5. The van der Waals surface area contributed by atoms with Crippen molar-refractivity contribution in [1.82, 2.24) is 0 Å². The van der Waals surface area contributed by atoms with E-state index in [1.807, 2.05) is 12.1 Å². The van der Waals surface area contributed by atoms with Crippen molar-refractivity contribution in [1.29, 1.82) is 0 Å².